The van der Waals surface area contributed by atoms with E-state index in [1.54, 1.807) is 24.3 Å². The van der Waals surface area contributed by atoms with Crippen LogP contribution in [0, 0.1) is 17.0 Å². The van der Waals surface area contributed by atoms with Crippen LogP contribution in [0.1, 0.15) is 56.7 Å². The molecular weight excluding hydrogens is 464 g/mol. The number of pyridine rings is 1. The van der Waals surface area contributed by atoms with Crippen molar-refractivity contribution in [3.8, 4) is 22.8 Å². The Balaban J connectivity index is 1.95. The molecule has 3 aromatic rings. The van der Waals surface area contributed by atoms with Gasteiger partial charge in [-0.25, -0.2) is 13.8 Å². The number of rotatable bonds is 12. The molecule has 0 saturated heterocycles. The van der Waals surface area contributed by atoms with E-state index in [9.17, 15) is 9.18 Å². The first-order valence-corrected chi connectivity index (χ1v) is 12.1. The molecule has 36 heavy (non-hydrogen) atoms. The van der Waals surface area contributed by atoms with Crippen LogP contribution in [0.5, 0.6) is 11.6 Å². The molecule has 1 heterocycles. The lowest BCUT2D eigenvalue weighted by Crippen LogP contribution is -2.16. The maximum absolute atomic E-state index is 15.3. The molecule has 7 heteroatoms. The number of halogens is 2. The van der Waals surface area contributed by atoms with Gasteiger partial charge in [-0.3, -0.25) is 4.79 Å². The topological polar surface area (TPSA) is 68.7 Å². The largest absolute Gasteiger partial charge is 0.489 e. The van der Waals surface area contributed by atoms with Gasteiger partial charge < -0.3 is 14.6 Å². The van der Waals surface area contributed by atoms with Gasteiger partial charge in [-0.15, -0.1) is 0 Å². The molecule has 0 bridgehead atoms. The first kappa shape index (κ1) is 27.1. The molecule has 3 rings (SSSR count). The summed E-state index contributed by atoms with van der Waals surface area (Å²) >= 11 is 0. The Bertz CT molecular complexity index is 1210. The zero-order valence-electron chi connectivity index (χ0n) is 21.2. The summed E-state index contributed by atoms with van der Waals surface area (Å²) in [5, 5.41) is 8.91. The summed E-state index contributed by atoms with van der Waals surface area (Å²) in [7, 11) is 1.45. The molecule has 0 unspecified atom stereocenters. The molecule has 0 aliphatic heterocycles. The minimum Gasteiger partial charge on any atom is -0.489 e. The highest BCUT2D eigenvalue weighted by Gasteiger charge is 2.23. The minimum atomic E-state index is -0.870. The zero-order valence-corrected chi connectivity index (χ0v) is 21.2. The van der Waals surface area contributed by atoms with Crippen LogP contribution in [0.15, 0.2) is 48.7 Å². The fraction of sp³-hybridized carbons (Fsp3) is 0.379. The summed E-state index contributed by atoms with van der Waals surface area (Å²) < 4.78 is 41.1. The van der Waals surface area contributed by atoms with Crippen molar-refractivity contribution in [1.82, 2.24) is 4.98 Å². The number of carboxylic acid groups (broad SMARTS) is 1. The number of hydrogen-bond donors (Lipinski definition) is 1. The second-order valence-corrected chi connectivity index (χ2v) is 9.73. The zero-order chi connectivity index (χ0) is 26.3. The van der Waals surface area contributed by atoms with Crippen molar-refractivity contribution < 1.29 is 28.2 Å². The normalized spacial score (nSPS) is 11.4. The number of carbonyl (C=O) groups is 1. The Morgan fingerprint density at radius 1 is 1.06 bits per heavy atom. The lowest BCUT2D eigenvalue weighted by molar-refractivity contribution is -0.136. The third kappa shape index (κ3) is 7.26. The predicted octanol–water partition coefficient (Wildman–Crippen LogP) is 7.00. The van der Waals surface area contributed by atoms with E-state index in [4.69, 9.17) is 14.6 Å². The fourth-order valence-corrected chi connectivity index (χ4v) is 4.40. The Labute approximate surface area is 211 Å². The van der Waals surface area contributed by atoms with Crippen molar-refractivity contribution in [1.29, 1.82) is 0 Å². The van der Waals surface area contributed by atoms with Crippen molar-refractivity contribution in [2.24, 2.45) is 5.41 Å². The molecule has 0 fully saturated rings. The van der Waals surface area contributed by atoms with E-state index in [2.05, 4.69) is 25.8 Å². The molecular formula is C29H33F2NO4. The summed E-state index contributed by atoms with van der Waals surface area (Å²) in [5.74, 6) is -1.14. The van der Waals surface area contributed by atoms with Gasteiger partial charge in [0.2, 0.25) is 5.88 Å². The van der Waals surface area contributed by atoms with Crippen LogP contribution in [0.3, 0.4) is 0 Å². The van der Waals surface area contributed by atoms with Gasteiger partial charge in [-0.05, 0) is 65.6 Å². The van der Waals surface area contributed by atoms with E-state index in [-0.39, 0.29) is 29.9 Å². The monoisotopic (exact) mass is 497 g/mol. The quantitative estimate of drug-likeness (QED) is 0.292. The van der Waals surface area contributed by atoms with Crippen LogP contribution in [-0.4, -0.2) is 23.2 Å². The highest BCUT2D eigenvalue weighted by atomic mass is 19.1. The first-order chi connectivity index (χ1) is 17.1. The van der Waals surface area contributed by atoms with Gasteiger partial charge in [0.05, 0.1) is 13.3 Å². The van der Waals surface area contributed by atoms with Crippen molar-refractivity contribution in [2.45, 2.75) is 59.5 Å². The number of ether oxygens (including phenoxy) is 2. The van der Waals surface area contributed by atoms with Crippen LogP contribution in [0.25, 0.3) is 11.1 Å². The fourth-order valence-electron chi connectivity index (χ4n) is 4.40. The molecule has 0 aliphatic rings. The molecule has 0 aliphatic carbocycles. The highest BCUT2D eigenvalue weighted by molar-refractivity contribution is 5.69. The SMILES string of the molecule is CCCC(C)(C)Cc1cc(COc2cccc(CCC(=O)O)c2)c(F)cc1-c1cc(OC)ncc1F. The lowest BCUT2D eigenvalue weighted by Gasteiger charge is -2.26. The molecule has 0 saturated carbocycles. The van der Waals surface area contributed by atoms with Gasteiger partial charge >= 0.3 is 5.97 Å². The van der Waals surface area contributed by atoms with Crippen LogP contribution in [0.4, 0.5) is 8.78 Å². The van der Waals surface area contributed by atoms with Crippen molar-refractivity contribution >= 4 is 5.97 Å². The molecule has 1 N–H and O–H groups in total. The smallest absolute Gasteiger partial charge is 0.303 e. The number of hydrogen-bond acceptors (Lipinski definition) is 4. The second-order valence-electron chi connectivity index (χ2n) is 9.73. The first-order valence-electron chi connectivity index (χ1n) is 12.1. The molecule has 0 amide bonds. The number of benzene rings is 2. The summed E-state index contributed by atoms with van der Waals surface area (Å²) in [5.41, 5.74) is 2.63. The maximum Gasteiger partial charge on any atom is 0.303 e. The second kappa shape index (κ2) is 12.0. The number of methoxy groups -OCH3 is 1. The van der Waals surface area contributed by atoms with E-state index in [0.29, 0.717) is 29.7 Å². The molecule has 1 aromatic heterocycles. The van der Waals surface area contributed by atoms with Gasteiger partial charge in [-0.1, -0.05) is 39.3 Å². The summed E-state index contributed by atoms with van der Waals surface area (Å²) in [4.78, 5) is 14.8. The number of nitrogens with zero attached hydrogens (tertiary/aromatic N) is 1. The molecule has 0 atom stereocenters. The van der Waals surface area contributed by atoms with E-state index < -0.39 is 17.6 Å². The van der Waals surface area contributed by atoms with Crippen LogP contribution in [-0.2, 0) is 24.2 Å². The number of aryl methyl sites for hydroxylation is 1. The van der Waals surface area contributed by atoms with Gasteiger partial charge in [-0.2, -0.15) is 0 Å². The number of aliphatic carboxylic acids is 1. The van der Waals surface area contributed by atoms with E-state index in [1.165, 1.54) is 19.2 Å². The summed E-state index contributed by atoms with van der Waals surface area (Å²) in [6, 6.07) is 11.7. The molecule has 192 valence electrons. The van der Waals surface area contributed by atoms with Crippen LogP contribution in [0.2, 0.25) is 0 Å². The average Bonchev–Trinajstić information content (AvgIpc) is 2.83. The van der Waals surface area contributed by atoms with E-state index in [1.807, 2.05) is 6.07 Å². The van der Waals surface area contributed by atoms with Gasteiger partial charge in [0.15, 0.2) is 0 Å². The highest BCUT2D eigenvalue weighted by Crippen LogP contribution is 2.36. The van der Waals surface area contributed by atoms with Crippen molar-refractivity contribution in [3.05, 3.63) is 77.0 Å². The van der Waals surface area contributed by atoms with Crippen molar-refractivity contribution in [2.75, 3.05) is 7.11 Å². The average molecular weight is 498 g/mol. The maximum atomic E-state index is 15.3. The summed E-state index contributed by atoms with van der Waals surface area (Å²) in [6.45, 7) is 6.39. The predicted molar refractivity (Wildman–Crippen MR) is 135 cm³/mol. The van der Waals surface area contributed by atoms with Crippen LogP contribution >= 0.6 is 0 Å². The van der Waals surface area contributed by atoms with Gasteiger partial charge in [0.25, 0.3) is 0 Å². The standard InChI is InChI=1S/C29H33F2NO4/c1-5-11-29(2,3)16-20-13-21(18-36-22-8-6-7-19(12-22)9-10-28(33)34)25(30)14-23(20)24-15-27(35-4)32-17-26(24)31/h6-8,12-15,17H,5,9-11,16,18H2,1-4H3,(H,33,34). The third-order valence-electron chi connectivity index (χ3n) is 6.12. The Morgan fingerprint density at radius 3 is 2.53 bits per heavy atom. The van der Waals surface area contributed by atoms with E-state index in [0.717, 1.165) is 30.2 Å². The molecule has 0 radical (unpaired) electrons. The lowest BCUT2D eigenvalue weighted by atomic mass is 9.79. The Hall–Kier alpha value is -3.48. The number of aromatic nitrogens is 1. The minimum absolute atomic E-state index is 0.0160. The third-order valence-corrected chi connectivity index (χ3v) is 6.12. The van der Waals surface area contributed by atoms with Crippen molar-refractivity contribution in [3.63, 3.8) is 0 Å². The van der Waals surface area contributed by atoms with Gasteiger partial charge in [0, 0.05) is 23.6 Å². The van der Waals surface area contributed by atoms with Crippen LogP contribution < -0.4 is 9.47 Å². The van der Waals surface area contributed by atoms with E-state index >= 15 is 4.39 Å². The number of carboxylic acids is 1. The molecule has 0 spiro atoms. The Kier molecular flexibility index (Phi) is 9.02. The Morgan fingerprint density at radius 2 is 1.83 bits per heavy atom. The summed E-state index contributed by atoms with van der Waals surface area (Å²) in [6.07, 6.45) is 4.07. The molecule has 2 aromatic carbocycles. The van der Waals surface area contributed by atoms with Gasteiger partial charge in [0.1, 0.15) is 24.0 Å². The molecule has 5 nitrogen and oxygen atoms in total.